The van der Waals surface area contributed by atoms with Crippen molar-refractivity contribution >= 4 is 23.3 Å². The molecule has 4 heterocycles. The molecule has 31 heavy (non-hydrogen) atoms. The molecule has 0 unspecified atom stereocenters. The fraction of sp³-hybridized carbons (Fsp3) is 0.368. The Morgan fingerprint density at radius 2 is 1.94 bits per heavy atom. The van der Waals surface area contributed by atoms with Crippen LogP contribution in [-0.4, -0.2) is 48.2 Å². The van der Waals surface area contributed by atoms with Gasteiger partial charge in [0.1, 0.15) is 0 Å². The first kappa shape index (κ1) is 22.7. The summed E-state index contributed by atoms with van der Waals surface area (Å²) in [7, 11) is 0. The fourth-order valence-electron chi connectivity index (χ4n) is 3.04. The van der Waals surface area contributed by atoms with Gasteiger partial charge in [-0.15, -0.1) is 11.3 Å². The first-order valence-corrected chi connectivity index (χ1v) is 10.3. The number of carbonyl (C=O) groups is 1. The van der Waals surface area contributed by atoms with Crippen LogP contribution in [0.2, 0.25) is 0 Å². The Labute approximate surface area is 180 Å². The van der Waals surface area contributed by atoms with E-state index in [1.165, 1.54) is 10.6 Å². The zero-order chi connectivity index (χ0) is 22.3. The van der Waals surface area contributed by atoms with Crippen LogP contribution in [0.15, 0.2) is 42.3 Å². The maximum absolute atomic E-state index is 10.6. The molecule has 0 aliphatic carbocycles. The Morgan fingerprint density at radius 1 is 1.19 bits per heavy atom. The highest BCUT2D eigenvalue weighted by atomic mass is 32.1. The van der Waals surface area contributed by atoms with Crippen LogP contribution in [0.4, 0.5) is 19.1 Å². The average molecular weight is 454 g/mol. The monoisotopic (exact) mass is 454 g/mol. The molecule has 0 radical (unpaired) electrons. The predicted molar refractivity (Wildman–Crippen MR) is 108 cm³/mol. The average Bonchev–Trinajstić information content (AvgIpc) is 3.33. The van der Waals surface area contributed by atoms with Gasteiger partial charge in [-0.3, -0.25) is 4.90 Å². The van der Waals surface area contributed by atoms with Gasteiger partial charge >= 0.3 is 12.1 Å². The molecule has 1 aliphatic rings. The Hall–Kier alpha value is -2.99. The second-order valence-electron chi connectivity index (χ2n) is 6.70. The lowest BCUT2D eigenvalue weighted by molar-refractivity contribution is -0.192. The number of hydrogen-bond acceptors (Lipinski definition) is 7. The molecule has 0 saturated carbocycles. The molecule has 166 valence electrons. The molecule has 0 amide bonds. The molecule has 2 N–H and O–H groups in total. The van der Waals surface area contributed by atoms with Crippen molar-refractivity contribution in [2.24, 2.45) is 0 Å². The van der Waals surface area contributed by atoms with E-state index >= 15 is 0 Å². The number of rotatable bonds is 5. The second kappa shape index (κ2) is 10.4. The molecule has 0 spiro atoms. The molecule has 4 rings (SSSR count). The molecule has 0 atom stereocenters. The number of thiophene rings is 1. The molecule has 0 aromatic carbocycles. The first-order chi connectivity index (χ1) is 14.8. The van der Waals surface area contributed by atoms with E-state index < -0.39 is 12.1 Å². The predicted octanol–water partition coefficient (Wildman–Crippen LogP) is 3.39. The minimum absolute atomic E-state index is 0.642. The number of alkyl halides is 3. The van der Waals surface area contributed by atoms with Gasteiger partial charge in [0.15, 0.2) is 0 Å². The van der Waals surface area contributed by atoms with Crippen LogP contribution < -0.4 is 5.32 Å². The first-order valence-electron chi connectivity index (χ1n) is 9.41. The van der Waals surface area contributed by atoms with Gasteiger partial charge in [0.25, 0.3) is 0 Å². The number of carboxylic acids is 1. The van der Waals surface area contributed by atoms with Gasteiger partial charge in [-0.25, -0.2) is 19.7 Å². The number of fused-ring (bicyclic) bond motifs is 1. The number of nitrogens with zero attached hydrogens (tertiary/aromatic N) is 5. The van der Waals surface area contributed by atoms with Crippen molar-refractivity contribution in [2.75, 3.05) is 11.9 Å². The molecule has 0 bridgehead atoms. The number of aryl methyl sites for hydroxylation is 1. The normalized spacial score (nSPS) is 14.2. The highest BCUT2D eigenvalue weighted by Gasteiger charge is 2.38. The summed E-state index contributed by atoms with van der Waals surface area (Å²) in [4.78, 5) is 25.8. The van der Waals surface area contributed by atoms with Crippen LogP contribution >= 0.6 is 11.3 Å². The van der Waals surface area contributed by atoms with Gasteiger partial charge in [0.05, 0.1) is 24.3 Å². The Kier molecular flexibility index (Phi) is 7.58. The molecule has 8 nitrogen and oxygen atoms in total. The lowest BCUT2D eigenvalue weighted by Crippen LogP contribution is -2.23. The van der Waals surface area contributed by atoms with Crippen molar-refractivity contribution in [1.29, 1.82) is 0 Å². The van der Waals surface area contributed by atoms with E-state index in [-0.39, 0.29) is 0 Å². The summed E-state index contributed by atoms with van der Waals surface area (Å²) in [6.45, 7) is 4.75. The van der Waals surface area contributed by atoms with E-state index in [0.717, 1.165) is 38.3 Å². The quantitative estimate of drug-likeness (QED) is 0.610. The maximum Gasteiger partial charge on any atom is 0.490 e. The Balaban J connectivity index is 0.000000339. The number of imidazole rings is 1. The van der Waals surface area contributed by atoms with E-state index in [4.69, 9.17) is 9.90 Å². The number of aromatic nitrogens is 4. The van der Waals surface area contributed by atoms with Gasteiger partial charge in [0, 0.05) is 43.4 Å². The van der Waals surface area contributed by atoms with Crippen molar-refractivity contribution in [3.63, 3.8) is 0 Å². The maximum atomic E-state index is 10.6. The van der Waals surface area contributed by atoms with Crippen LogP contribution in [0, 0.1) is 0 Å². The van der Waals surface area contributed by atoms with Crippen LogP contribution in [0.25, 0.3) is 0 Å². The third-order valence-electron chi connectivity index (χ3n) is 4.46. The number of nitrogens with one attached hydrogen (secondary N) is 1. The summed E-state index contributed by atoms with van der Waals surface area (Å²) in [6, 6.07) is 6.15. The summed E-state index contributed by atoms with van der Waals surface area (Å²) in [6.07, 6.45) is 1.52. The smallest absolute Gasteiger partial charge is 0.475 e. The van der Waals surface area contributed by atoms with E-state index in [1.54, 1.807) is 12.4 Å². The number of anilines is 1. The summed E-state index contributed by atoms with van der Waals surface area (Å²) < 4.78 is 34.0. The zero-order valence-electron chi connectivity index (χ0n) is 16.4. The largest absolute Gasteiger partial charge is 0.490 e. The van der Waals surface area contributed by atoms with Crippen molar-refractivity contribution in [3.05, 3.63) is 58.6 Å². The topological polar surface area (TPSA) is 96.2 Å². The number of carboxylic acid groups (broad SMARTS) is 1. The minimum atomic E-state index is -5.08. The lowest BCUT2D eigenvalue weighted by Gasteiger charge is -2.19. The Morgan fingerprint density at radius 3 is 2.58 bits per heavy atom. The van der Waals surface area contributed by atoms with Crippen molar-refractivity contribution in [1.82, 2.24) is 24.4 Å². The molecular formula is C19H21F3N6O2S. The number of aliphatic carboxylic acids is 1. The number of hydrogen-bond donors (Lipinski definition) is 2. The van der Waals surface area contributed by atoms with Crippen LogP contribution in [-0.2, 0) is 31.0 Å². The van der Waals surface area contributed by atoms with Gasteiger partial charge < -0.3 is 15.0 Å². The summed E-state index contributed by atoms with van der Waals surface area (Å²) in [5, 5.41) is 12.5. The standard InChI is InChI=1S/C17H20N6S.C2HF3O2/c1-4-14(24-9-1)11-22-7-3-8-23-13-21-15(16(23)12-22)10-20-17-18-5-2-6-19-17;3-2(4,5)1(6)7/h1-2,4-6,9,13H,3,7-8,10-12H2,(H,18,19,20);(H,6,7). The molecule has 0 saturated heterocycles. The van der Waals surface area contributed by atoms with Crippen molar-refractivity contribution in [2.45, 2.75) is 38.8 Å². The SMILES string of the molecule is O=C(O)C(F)(F)F.c1cnc(NCc2ncn3c2CN(Cc2cccs2)CCC3)nc1. The second-order valence-corrected chi connectivity index (χ2v) is 7.74. The highest BCUT2D eigenvalue weighted by Crippen LogP contribution is 2.20. The minimum Gasteiger partial charge on any atom is -0.475 e. The molecule has 3 aromatic heterocycles. The molecule has 12 heteroatoms. The fourth-order valence-corrected chi connectivity index (χ4v) is 3.78. The lowest BCUT2D eigenvalue weighted by atomic mass is 10.3. The van der Waals surface area contributed by atoms with E-state index in [2.05, 4.69) is 47.2 Å². The number of halogens is 3. The molecule has 3 aromatic rings. The van der Waals surface area contributed by atoms with Gasteiger partial charge in [-0.2, -0.15) is 13.2 Å². The third kappa shape index (κ3) is 6.76. The highest BCUT2D eigenvalue weighted by molar-refractivity contribution is 7.09. The van der Waals surface area contributed by atoms with E-state index in [9.17, 15) is 13.2 Å². The summed E-state index contributed by atoms with van der Waals surface area (Å²) in [5.41, 5.74) is 2.38. The summed E-state index contributed by atoms with van der Waals surface area (Å²) >= 11 is 1.83. The van der Waals surface area contributed by atoms with Gasteiger partial charge in [-0.05, 0) is 23.9 Å². The van der Waals surface area contributed by atoms with Crippen LogP contribution in [0.5, 0.6) is 0 Å². The molecule has 0 fully saturated rings. The van der Waals surface area contributed by atoms with Crippen molar-refractivity contribution in [3.8, 4) is 0 Å². The Bertz CT molecular complexity index is 963. The summed E-state index contributed by atoms with van der Waals surface area (Å²) in [5.74, 6) is -2.11. The van der Waals surface area contributed by atoms with Gasteiger partial charge in [0.2, 0.25) is 5.95 Å². The third-order valence-corrected chi connectivity index (χ3v) is 5.32. The molecule has 1 aliphatic heterocycles. The van der Waals surface area contributed by atoms with E-state index in [1.807, 2.05) is 23.7 Å². The van der Waals surface area contributed by atoms with Crippen LogP contribution in [0.3, 0.4) is 0 Å². The zero-order valence-corrected chi connectivity index (χ0v) is 17.2. The van der Waals surface area contributed by atoms with Gasteiger partial charge in [-0.1, -0.05) is 6.07 Å². The molecular weight excluding hydrogens is 433 g/mol. The van der Waals surface area contributed by atoms with Crippen LogP contribution in [0.1, 0.15) is 22.7 Å². The van der Waals surface area contributed by atoms with Crippen molar-refractivity contribution < 1.29 is 23.1 Å². The van der Waals surface area contributed by atoms with E-state index in [0.29, 0.717) is 12.5 Å².